The Morgan fingerprint density at radius 1 is 1.06 bits per heavy atom. The molecule has 0 saturated heterocycles. The molecule has 2 rings (SSSR count). The van der Waals surface area contributed by atoms with Crippen molar-refractivity contribution in [2.75, 3.05) is 0 Å². The molecule has 90 valence electrons. The molecule has 0 radical (unpaired) electrons. The van der Waals surface area contributed by atoms with E-state index in [1.807, 2.05) is 30.3 Å². The molecule has 0 heterocycles. The minimum atomic E-state index is 0. The van der Waals surface area contributed by atoms with Crippen molar-refractivity contribution < 1.29 is 0 Å². The number of nitrogens with two attached hydrogens (primary N) is 1. The molecule has 1 nitrogen and oxygen atoms in total. The van der Waals surface area contributed by atoms with Crippen LogP contribution in [-0.2, 0) is 6.54 Å². The summed E-state index contributed by atoms with van der Waals surface area (Å²) < 4.78 is 0.980. The fourth-order valence-corrected chi connectivity index (χ4v) is 2.46. The van der Waals surface area contributed by atoms with Gasteiger partial charge in [0, 0.05) is 16.0 Å². The van der Waals surface area contributed by atoms with Crippen LogP contribution in [-0.4, -0.2) is 0 Å². The summed E-state index contributed by atoms with van der Waals surface area (Å²) in [5.41, 5.74) is 8.96. The third kappa shape index (κ3) is 3.71. The molecular formula is C13H12BrCl2N. The summed E-state index contributed by atoms with van der Waals surface area (Å²) in [5.74, 6) is 0. The van der Waals surface area contributed by atoms with Crippen LogP contribution in [0.25, 0.3) is 11.1 Å². The van der Waals surface area contributed by atoms with Gasteiger partial charge in [-0.05, 0) is 41.0 Å². The Hall–Kier alpha value is -0.540. The zero-order valence-corrected chi connectivity index (χ0v) is 12.1. The van der Waals surface area contributed by atoms with E-state index in [1.54, 1.807) is 0 Å². The highest BCUT2D eigenvalue weighted by atomic mass is 79.9. The average molecular weight is 333 g/mol. The van der Waals surface area contributed by atoms with Crippen molar-refractivity contribution >= 4 is 39.9 Å². The van der Waals surface area contributed by atoms with E-state index >= 15 is 0 Å². The van der Waals surface area contributed by atoms with E-state index in [4.69, 9.17) is 17.3 Å². The van der Waals surface area contributed by atoms with E-state index in [2.05, 4.69) is 28.1 Å². The quantitative estimate of drug-likeness (QED) is 0.851. The number of halogens is 3. The van der Waals surface area contributed by atoms with E-state index < -0.39 is 0 Å². The average Bonchev–Trinajstić information content (AvgIpc) is 2.28. The Morgan fingerprint density at radius 3 is 2.47 bits per heavy atom. The predicted octanol–water partition coefficient (Wildman–Crippen LogP) is 4.65. The topological polar surface area (TPSA) is 26.0 Å². The molecule has 0 aliphatic heterocycles. The van der Waals surface area contributed by atoms with Crippen LogP contribution in [0.1, 0.15) is 5.56 Å². The highest BCUT2D eigenvalue weighted by Gasteiger charge is 2.01. The van der Waals surface area contributed by atoms with Crippen molar-refractivity contribution in [1.82, 2.24) is 0 Å². The molecule has 0 aliphatic carbocycles. The molecule has 0 bridgehead atoms. The van der Waals surface area contributed by atoms with Gasteiger partial charge in [-0.3, -0.25) is 0 Å². The summed E-state index contributed by atoms with van der Waals surface area (Å²) in [6.07, 6.45) is 0. The summed E-state index contributed by atoms with van der Waals surface area (Å²) in [5, 5.41) is 0.725. The second kappa shape index (κ2) is 6.41. The van der Waals surface area contributed by atoms with Crippen LogP contribution >= 0.6 is 39.9 Å². The maximum Gasteiger partial charge on any atom is 0.0423 e. The van der Waals surface area contributed by atoms with Crippen LogP contribution < -0.4 is 5.73 Å². The first-order valence-electron chi connectivity index (χ1n) is 4.94. The Labute approximate surface area is 121 Å². The lowest BCUT2D eigenvalue weighted by atomic mass is 10.0. The van der Waals surface area contributed by atoms with Crippen molar-refractivity contribution in [2.24, 2.45) is 5.73 Å². The summed E-state index contributed by atoms with van der Waals surface area (Å²) in [4.78, 5) is 0. The molecule has 0 amide bonds. The molecule has 0 saturated carbocycles. The third-order valence-corrected chi connectivity index (χ3v) is 3.03. The molecule has 0 fully saturated rings. The van der Waals surface area contributed by atoms with Gasteiger partial charge in [0.2, 0.25) is 0 Å². The normalized spacial score (nSPS) is 9.82. The second-order valence-electron chi connectivity index (χ2n) is 3.56. The maximum absolute atomic E-state index is 6.02. The van der Waals surface area contributed by atoms with Crippen molar-refractivity contribution in [3.05, 3.63) is 57.5 Å². The van der Waals surface area contributed by atoms with Crippen LogP contribution in [0.3, 0.4) is 0 Å². The lowest BCUT2D eigenvalue weighted by Gasteiger charge is -2.05. The van der Waals surface area contributed by atoms with Gasteiger partial charge in [-0.2, -0.15) is 0 Å². The lowest BCUT2D eigenvalue weighted by molar-refractivity contribution is 1.07. The van der Waals surface area contributed by atoms with Crippen molar-refractivity contribution in [1.29, 1.82) is 0 Å². The van der Waals surface area contributed by atoms with Gasteiger partial charge in [0.05, 0.1) is 0 Å². The van der Waals surface area contributed by atoms with Crippen LogP contribution in [0.5, 0.6) is 0 Å². The molecule has 2 aromatic rings. The van der Waals surface area contributed by atoms with Crippen molar-refractivity contribution in [3.8, 4) is 11.1 Å². The Bertz CT molecular complexity index is 494. The molecule has 2 aromatic carbocycles. The summed E-state index contributed by atoms with van der Waals surface area (Å²) in [7, 11) is 0. The SMILES string of the molecule is Cl.NCc1cccc(-c2cc(Cl)cc(Br)c2)c1. The van der Waals surface area contributed by atoms with Crippen molar-refractivity contribution in [2.45, 2.75) is 6.54 Å². The van der Waals surface area contributed by atoms with E-state index in [0.29, 0.717) is 6.54 Å². The highest BCUT2D eigenvalue weighted by molar-refractivity contribution is 9.10. The molecule has 0 unspecified atom stereocenters. The van der Waals surface area contributed by atoms with Gasteiger partial charge in [0.1, 0.15) is 0 Å². The minimum absolute atomic E-state index is 0. The number of hydrogen-bond acceptors (Lipinski definition) is 1. The van der Waals surface area contributed by atoms with E-state index in [9.17, 15) is 0 Å². The predicted molar refractivity (Wildman–Crippen MR) is 79.7 cm³/mol. The van der Waals surface area contributed by atoms with Gasteiger partial charge in [-0.25, -0.2) is 0 Å². The Kier molecular flexibility index (Phi) is 5.47. The molecule has 17 heavy (non-hydrogen) atoms. The molecule has 0 atom stereocenters. The van der Waals surface area contributed by atoms with E-state index in [0.717, 1.165) is 26.2 Å². The first-order valence-corrected chi connectivity index (χ1v) is 6.11. The van der Waals surface area contributed by atoms with Gasteiger partial charge in [0.25, 0.3) is 0 Å². The third-order valence-electron chi connectivity index (χ3n) is 2.36. The molecule has 0 aromatic heterocycles. The zero-order valence-electron chi connectivity index (χ0n) is 8.99. The largest absolute Gasteiger partial charge is 0.326 e. The lowest BCUT2D eigenvalue weighted by Crippen LogP contribution is -1.95. The molecule has 4 heteroatoms. The van der Waals surface area contributed by atoms with Crippen molar-refractivity contribution in [3.63, 3.8) is 0 Å². The summed E-state index contributed by atoms with van der Waals surface area (Å²) in [6.45, 7) is 0.551. The van der Waals surface area contributed by atoms with Gasteiger partial charge in [-0.15, -0.1) is 12.4 Å². The van der Waals surface area contributed by atoms with Crippen LogP contribution in [0.2, 0.25) is 5.02 Å². The summed E-state index contributed by atoms with van der Waals surface area (Å²) in [6, 6.07) is 14.0. The Morgan fingerprint density at radius 2 is 1.82 bits per heavy atom. The first kappa shape index (κ1) is 14.5. The summed E-state index contributed by atoms with van der Waals surface area (Å²) >= 11 is 9.46. The molecular weight excluding hydrogens is 321 g/mol. The standard InChI is InChI=1S/C13H11BrClN.ClH/c14-12-5-11(6-13(15)7-12)10-3-1-2-9(4-10)8-16;/h1-7H,8,16H2;1H. The smallest absolute Gasteiger partial charge is 0.0423 e. The monoisotopic (exact) mass is 331 g/mol. The second-order valence-corrected chi connectivity index (χ2v) is 4.91. The van der Waals surface area contributed by atoms with E-state index in [-0.39, 0.29) is 12.4 Å². The highest BCUT2D eigenvalue weighted by Crippen LogP contribution is 2.27. The molecule has 0 spiro atoms. The first-order chi connectivity index (χ1) is 7.69. The fourth-order valence-electron chi connectivity index (χ4n) is 1.60. The van der Waals surface area contributed by atoms with Gasteiger partial charge >= 0.3 is 0 Å². The van der Waals surface area contributed by atoms with Gasteiger partial charge in [0.15, 0.2) is 0 Å². The fraction of sp³-hybridized carbons (Fsp3) is 0.0769. The van der Waals surface area contributed by atoms with Gasteiger partial charge in [-0.1, -0.05) is 45.7 Å². The minimum Gasteiger partial charge on any atom is -0.326 e. The van der Waals surface area contributed by atoms with Crippen LogP contribution in [0, 0.1) is 0 Å². The zero-order chi connectivity index (χ0) is 11.5. The molecule has 2 N–H and O–H groups in total. The Balaban J connectivity index is 0.00000144. The molecule has 0 aliphatic rings. The number of hydrogen-bond donors (Lipinski definition) is 1. The van der Waals surface area contributed by atoms with Gasteiger partial charge < -0.3 is 5.73 Å². The number of benzene rings is 2. The van der Waals surface area contributed by atoms with Crippen LogP contribution in [0.15, 0.2) is 46.9 Å². The van der Waals surface area contributed by atoms with Crippen LogP contribution in [0.4, 0.5) is 0 Å². The number of rotatable bonds is 2. The van der Waals surface area contributed by atoms with E-state index in [1.165, 1.54) is 0 Å². The maximum atomic E-state index is 6.02.